The molecule has 0 unspecified atom stereocenters. The Kier molecular flexibility index (Phi) is 3.81. The maximum atomic E-state index is 6.14. The van der Waals surface area contributed by atoms with Crippen LogP contribution < -0.4 is 0 Å². The minimum Gasteiger partial charge on any atom is -0.228 e. The largest absolute Gasteiger partial charge is 0.228 e. The van der Waals surface area contributed by atoms with Crippen LogP contribution in [0.15, 0.2) is 65.1 Å². The summed E-state index contributed by atoms with van der Waals surface area (Å²) >= 11 is 9.65. The Morgan fingerprint density at radius 3 is 2.30 bits per heavy atom. The van der Waals surface area contributed by atoms with Gasteiger partial charge in [0.15, 0.2) is 5.82 Å². The lowest BCUT2D eigenvalue weighted by molar-refractivity contribution is 1.18. The standard InChI is InChI=1S/C16H10BrClN2/c17-13-9-5-4-8-12(13)16-19-14(10-15(18)20-16)11-6-2-1-3-7-11/h1-10H. The fourth-order valence-electron chi connectivity index (χ4n) is 1.94. The molecule has 98 valence electrons. The molecular formula is C16H10BrClN2. The summed E-state index contributed by atoms with van der Waals surface area (Å²) in [6, 6.07) is 19.5. The average molecular weight is 346 g/mol. The van der Waals surface area contributed by atoms with Crippen molar-refractivity contribution < 1.29 is 0 Å². The van der Waals surface area contributed by atoms with Crippen LogP contribution in [-0.2, 0) is 0 Å². The van der Waals surface area contributed by atoms with Gasteiger partial charge in [-0.05, 0) is 6.07 Å². The van der Waals surface area contributed by atoms with Crippen molar-refractivity contribution in [1.29, 1.82) is 0 Å². The van der Waals surface area contributed by atoms with E-state index in [2.05, 4.69) is 25.9 Å². The normalized spacial score (nSPS) is 10.5. The van der Waals surface area contributed by atoms with Gasteiger partial charge in [0.2, 0.25) is 0 Å². The third-order valence-electron chi connectivity index (χ3n) is 2.88. The number of halogens is 2. The first-order chi connectivity index (χ1) is 9.74. The highest BCUT2D eigenvalue weighted by Crippen LogP contribution is 2.28. The summed E-state index contributed by atoms with van der Waals surface area (Å²) in [5.41, 5.74) is 2.76. The van der Waals surface area contributed by atoms with E-state index in [0.29, 0.717) is 11.0 Å². The van der Waals surface area contributed by atoms with E-state index in [0.717, 1.165) is 21.3 Å². The smallest absolute Gasteiger partial charge is 0.162 e. The van der Waals surface area contributed by atoms with Crippen molar-refractivity contribution in [3.63, 3.8) is 0 Å². The lowest BCUT2D eigenvalue weighted by Crippen LogP contribution is -1.93. The van der Waals surface area contributed by atoms with E-state index in [1.807, 2.05) is 54.6 Å². The van der Waals surface area contributed by atoms with Crippen molar-refractivity contribution in [1.82, 2.24) is 9.97 Å². The zero-order chi connectivity index (χ0) is 13.9. The zero-order valence-electron chi connectivity index (χ0n) is 10.4. The lowest BCUT2D eigenvalue weighted by atomic mass is 10.1. The van der Waals surface area contributed by atoms with Crippen LogP contribution in [0, 0.1) is 0 Å². The van der Waals surface area contributed by atoms with Crippen LogP contribution in [0.3, 0.4) is 0 Å². The zero-order valence-corrected chi connectivity index (χ0v) is 12.8. The number of hydrogen-bond acceptors (Lipinski definition) is 2. The summed E-state index contributed by atoms with van der Waals surface area (Å²) in [4.78, 5) is 8.92. The van der Waals surface area contributed by atoms with Gasteiger partial charge in [-0.15, -0.1) is 0 Å². The monoisotopic (exact) mass is 344 g/mol. The van der Waals surface area contributed by atoms with E-state index >= 15 is 0 Å². The molecule has 0 aliphatic rings. The Morgan fingerprint density at radius 2 is 1.55 bits per heavy atom. The SMILES string of the molecule is Clc1cc(-c2ccccc2)nc(-c2ccccc2Br)n1. The molecule has 3 aromatic rings. The third-order valence-corrected chi connectivity index (χ3v) is 3.76. The molecule has 0 atom stereocenters. The van der Waals surface area contributed by atoms with Gasteiger partial charge in [-0.1, -0.05) is 76.1 Å². The van der Waals surface area contributed by atoms with Crippen molar-refractivity contribution in [2.75, 3.05) is 0 Å². The molecule has 0 radical (unpaired) electrons. The fourth-order valence-corrected chi connectivity index (χ4v) is 2.58. The molecule has 1 heterocycles. The molecule has 0 aliphatic heterocycles. The van der Waals surface area contributed by atoms with E-state index in [4.69, 9.17) is 11.6 Å². The van der Waals surface area contributed by atoms with Gasteiger partial charge in [-0.3, -0.25) is 0 Å². The Bertz CT molecular complexity index is 744. The van der Waals surface area contributed by atoms with Crippen LogP contribution >= 0.6 is 27.5 Å². The van der Waals surface area contributed by atoms with Crippen LogP contribution in [0.2, 0.25) is 5.15 Å². The molecule has 0 aliphatic carbocycles. The van der Waals surface area contributed by atoms with Crippen LogP contribution in [0.4, 0.5) is 0 Å². The number of benzene rings is 2. The van der Waals surface area contributed by atoms with Crippen LogP contribution in [0.25, 0.3) is 22.6 Å². The molecule has 3 rings (SSSR count). The highest BCUT2D eigenvalue weighted by molar-refractivity contribution is 9.10. The van der Waals surface area contributed by atoms with Gasteiger partial charge in [0.1, 0.15) is 5.15 Å². The maximum absolute atomic E-state index is 6.14. The average Bonchev–Trinajstić information content (AvgIpc) is 2.48. The molecule has 0 spiro atoms. The highest BCUT2D eigenvalue weighted by atomic mass is 79.9. The second-order valence-electron chi connectivity index (χ2n) is 4.25. The van der Waals surface area contributed by atoms with Crippen molar-refractivity contribution >= 4 is 27.5 Å². The van der Waals surface area contributed by atoms with Crippen molar-refractivity contribution in [3.8, 4) is 22.6 Å². The van der Waals surface area contributed by atoms with E-state index < -0.39 is 0 Å². The second kappa shape index (κ2) is 5.73. The number of aromatic nitrogens is 2. The quantitative estimate of drug-likeness (QED) is 0.595. The predicted octanol–water partition coefficient (Wildman–Crippen LogP) is 5.23. The molecule has 4 heteroatoms. The van der Waals surface area contributed by atoms with Crippen molar-refractivity contribution in [3.05, 3.63) is 70.3 Å². The van der Waals surface area contributed by atoms with Crippen LogP contribution in [-0.4, -0.2) is 9.97 Å². The summed E-state index contributed by atoms with van der Waals surface area (Å²) in [6.45, 7) is 0. The molecule has 0 saturated carbocycles. The molecule has 0 amide bonds. The highest BCUT2D eigenvalue weighted by Gasteiger charge is 2.09. The molecule has 0 N–H and O–H groups in total. The molecule has 0 saturated heterocycles. The van der Waals surface area contributed by atoms with Gasteiger partial charge < -0.3 is 0 Å². The van der Waals surface area contributed by atoms with Crippen molar-refractivity contribution in [2.24, 2.45) is 0 Å². The van der Waals surface area contributed by atoms with Gasteiger partial charge in [0.25, 0.3) is 0 Å². The molecule has 0 fully saturated rings. The van der Waals surface area contributed by atoms with Crippen LogP contribution in [0.5, 0.6) is 0 Å². The van der Waals surface area contributed by atoms with E-state index in [1.54, 1.807) is 6.07 Å². The second-order valence-corrected chi connectivity index (χ2v) is 5.49. The van der Waals surface area contributed by atoms with Gasteiger partial charge in [-0.25, -0.2) is 9.97 Å². The van der Waals surface area contributed by atoms with Gasteiger partial charge in [0.05, 0.1) is 5.69 Å². The molecular weight excluding hydrogens is 336 g/mol. The van der Waals surface area contributed by atoms with Gasteiger partial charge in [0, 0.05) is 21.7 Å². The number of rotatable bonds is 2. The van der Waals surface area contributed by atoms with Gasteiger partial charge >= 0.3 is 0 Å². The fraction of sp³-hybridized carbons (Fsp3) is 0. The summed E-state index contributed by atoms with van der Waals surface area (Å²) in [5.74, 6) is 0.615. The van der Waals surface area contributed by atoms with E-state index in [9.17, 15) is 0 Å². The number of nitrogens with zero attached hydrogens (tertiary/aromatic N) is 2. The first-order valence-electron chi connectivity index (χ1n) is 6.09. The maximum Gasteiger partial charge on any atom is 0.162 e. The Labute approximate surface area is 130 Å². The molecule has 0 bridgehead atoms. The van der Waals surface area contributed by atoms with Gasteiger partial charge in [-0.2, -0.15) is 0 Å². The van der Waals surface area contributed by atoms with E-state index in [1.165, 1.54) is 0 Å². The Morgan fingerprint density at radius 1 is 0.850 bits per heavy atom. The topological polar surface area (TPSA) is 25.8 Å². The first kappa shape index (κ1) is 13.3. The Hall–Kier alpha value is -1.71. The summed E-state index contributed by atoms with van der Waals surface area (Å²) in [6.07, 6.45) is 0. The third kappa shape index (κ3) is 2.74. The van der Waals surface area contributed by atoms with Crippen molar-refractivity contribution in [2.45, 2.75) is 0 Å². The molecule has 2 nitrogen and oxygen atoms in total. The summed E-state index contributed by atoms with van der Waals surface area (Å²) in [5, 5.41) is 0.435. The predicted molar refractivity (Wildman–Crippen MR) is 85.6 cm³/mol. The Balaban J connectivity index is 2.15. The lowest BCUT2D eigenvalue weighted by Gasteiger charge is -2.07. The first-order valence-corrected chi connectivity index (χ1v) is 7.26. The van der Waals surface area contributed by atoms with Crippen LogP contribution in [0.1, 0.15) is 0 Å². The number of hydrogen-bond donors (Lipinski definition) is 0. The minimum atomic E-state index is 0.435. The molecule has 1 aromatic heterocycles. The van der Waals surface area contributed by atoms with E-state index in [-0.39, 0.29) is 0 Å². The molecule has 2 aromatic carbocycles. The summed E-state index contributed by atoms with van der Waals surface area (Å²) in [7, 11) is 0. The minimum absolute atomic E-state index is 0.435. The summed E-state index contributed by atoms with van der Waals surface area (Å²) < 4.78 is 0.946. The molecule has 20 heavy (non-hydrogen) atoms.